The molecule has 0 amide bonds. The number of methoxy groups -OCH3 is 1. The maximum absolute atomic E-state index is 13.4. The van der Waals surface area contributed by atoms with Gasteiger partial charge < -0.3 is 10.1 Å². The highest BCUT2D eigenvalue weighted by atomic mass is 19.4. The molecule has 0 aliphatic rings. The maximum Gasteiger partial charge on any atom is 0.419 e. The molecule has 0 spiro atoms. The number of benzene rings is 1. The van der Waals surface area contributed by atoms with Gasteiger partial charge in [0.25, 0.3) is 0 Å². The maximum atomic E-state index is 13.4. The summed E-state index contributed by atoms with van der Waals surface area (Å²) in [7, 11) is 1.53. The lowest BCUT2D eigenvalue weighted by Crippen LogP contribution is -2.33. The van der Waals surface area contributed by atoms with Crippen LogP contribution < -0.4 is 5.32 Å². The van der Waals surface area contributed by atoms with Crippen LogP contribution in [0.3, 0.4) is 0 Å². The number of ether oxygens (including phenoxy) is 1. The van der Waals surface area contributed by atoms with E-state index in [-0.39, 0.29) is 6.10 Å². The van der Waals surface area contributed by atoms with Crippen molar-refractivity contribution in [3.8, 4) is 0 Å². The predicted molar refractivity (Wildman–Crippen MR) is 73.5 cm³/mol. The van der Waals surface area contributed by atoms with Crippen LogP contribution in [0.4, 0.5) is 17.6 Å². The lowest BCUT2D eigenvalue weighted by molar-refractivity contribution is -0.140. The molecule has 1 rings (SSSR count). The zero-order valence-corrected chi connectivity index (χ0v) is 12.4. The second-order valence-corrected chi connectivity index (χ2v) is 4.84. The summed E-state index contributed by atoms with van der Waals surface area (Å²) in [5, 5.41) is 3.12. The van der Waals surface area contributed by atoms with Gasteiger partial charge in [0.2, 0.25) is 0 Å². The van der Waals surface area contributed by atoms with E-state index in [2.05, 4.69) is 5.32 Å². The summed E-state index contributed by atoms with van der Waals surface area (Å²) >= 11 is 0. The Labute approximate surface area is 122 Å². The van der Waals surface area contributed by atoms with E-state index in [1.165, 1.54) is 13.2 Å². The molecule has 1 aromatic carbocycles. The fourth-order valence-corrected chi connectivity index (χ4v) is 2.34. The molecule has 0 bridgehead atoms. The molecule has 2 unspecified atom stereocenters. The van der Waals surface area contributed by atoms with E-state index in [4.69, 9.17) is 4.74 Å². The Bertz CT molecular complexity index is 448. The van der Waals surface area contributed by atoms with Crippen LogP contribution in [0.25, 0.3) is 0 Å². The second kappa shape index (κ2) is 7.75. The normalized spacial score (nSPS) is 15.0. The molecule has 2 nitrogen and oxygen atoms in total. The minimum absolute atomic E-state index is 0.263. The van der Waals surface area contributed by atoms with Gasteiger partial charge in [0, 0.05) is 7.11 Å². The zero-order valence-electron chi connectivity index (χ0n) is 12.4. The molecule has 0 aliphatic carbocycles. The molecule has 0 fully saturated rings. The van der Waals surface area contributed by atoms with E-state index < -0.39 is 23.6 Å². The van der Waals surface area contributed by atoms with Gasteiger partial charge in [-0.2, -0.15) is 13.2 Å². The lowest BCUT2D eigenvalue weighted by Gasteiger charge is -2.27. The molecular formula is C15H21F4NO. The van der Waals surface area contributed by atoms with Gasteiger partial charge in [-0.15, -0.1) is 0 Å². The van der Waals surface area contributed by atoms with Crippen LogP contribution in [0.5, 0.6) is 0 Å². The van der Waals surface area contributed by atoms with E-state index in [1.807, 2.05) is 13.8 Å². The van der Waals surface area contributed by atoms with Gasteiger partial charge >= 0.3 is 6.18 Å². The first-order valence-corrected chi connectivity index (χ1v) is 6.97. The summed E-state index contributed by atoms with van der Waals surface area (Å²) in [6, 6.07) is 2.70. The van der Waals surface area contributed by atoms with Gasteiger partial charge in [-0.1, -0.05) is 26.3 Å². The minimum atomic E-state index is -4.70. The number of nitrogens with one attached hydrogen (secondary N) is 1. The first kappa shape index (κ1) is 17.9. The second-order valence-electron chi connectivity index (χ2n) is 4.84. The van der Waals surface area contributed by atoms with Gasteiger partial charge in [-0.25, -0.2) is 4.39 Å². The number of likely N-dealkylation sites (N-methyl/N-ethyl adjacent to an activating group) is 1. The molecule has 0 saturated heterocycles. The number of alkyl halides is 3. The monoisotopic (exact) mass is 307 g/mol. The SMILES string of the molecule is CCCC(OC)C(NCC)c1ccc(F)c(C(F)(F)F)c1. The molecule has 0 radical (unpaired) electrons. The molecule has 21 heavy (non-hydrogen) atoms. The summed E-state index contributed by atoms with van der Waals surface area (Å²) in [6.07, 6.45) is -3.42. The highest BCUT2D eigenvalue weighted by molar-refractivity contribution is 5.30. The van der Waals surface area contributed by atoms with Crippen molar-refractivity contribution in [2.75, 3.05) is 13.7 Å². The van der Waals surface area contributed by atoms with Crippen LogP contribution in [-0.2, 0) is 10.9 Å². The third-order valence-corrected chi connectivity index (χ3v) is 3.33. The van der Waals surface area contributed by atoms with Crippen LogP contribution in [0.15, 0.2) is 18.2 Å². The molecule has 0 aromatic heterocycles. The summed E-state index contributed by atoms with van der Waals surface area (Å²) in [6.45, 7) is 4.41. The van der Waals surface area contributed by atoms with Crippen molar-refractivity contribution < 1.29 is 22.3 Å². The van der Waals surface area contributed by atoms with E-state index in [9.17, 15) is 17.6 Å². The van der Waals surface area contributed by atoms with Crippen LogP contribution in [0.1, 0.15) is 43.9 Å². The molecular weight excluding hydrogens is 286 g/mol. The average Bonchev–Trinajstić information content (AvgIpc) is 2.42. The van der Waals surface area contributed by atoms with Crippen LogP contribution in [0.2, 0.25) is 0 Å². The summed E-state index contributed by atoms with van der Waals surface area (Å²) in [5.41, 5.74) is -0.861. The van der Waals surface area contributed by atoms with E-state index >= 15 is 0 Å². The standard InChI is InChI=1S/C15H21F4NO/c1-4-6-13(21-3)14(20-5-2)10-7-8-12(16)11(9-10)15(17,18)19/h7-9,13-14,20H,4-6H2,1-3H3. The van der Waals surface area contributed by atoms with Crippen molar-refractivity contribution in [1.82, 2.24) is 5.32 Å². The Hall–Kier alpha value is -1.14. The minimum Gasteiger partial charge on any atom is -0.379 e. The quantitative estimate of drug-likeness (QED) is 0.758. The van der Waals surface area contributed by atoms with E-state index in [0.29, 0.717) is 18.5 Å². The number of hydrogen-bond acceptors (Lipinski definition) is 2. The van der Waals surface area contributed by atoms with Crippen molar-refractivity contribution in [2.45, 2.75) is 45.0 Å². The predicted octanol–water partition coefficient (Wildman–Crippen LogP) is 4.31. The van der Waals surface area contributed by atoms with E-state index in [1.54, 1.807) is 0 Å². The Morgan fingerprint density at radius 1 is 1.24 bits per heavy atom. The molecule has 120 valence electrons. The Morgan fingerprint density at radius 3 is 2.38 bits per heavy atom. The van der Waals surface area contributed by atoms with Crippen molar-refractivity contribution in [3.05, 3.63) is 35.1 Å². The number of rotatable bonds is 7. The van der Waals surface area contributed by atoms with Gasteiger partial charge in [-0.05, 0) is 30.7 Å². The largest absolute Gasteiger partial charge is 0.419 e. The van der Waals surface area contributed by atoms with Crippen molar-refractivity contribution >= 4 is 0 Å². The fourth-order valence-electron chi connectivity index (χ4n) is 2.34. The highest BCUT2D eigenvalue weighted by Gasteiger charge is 2.35. The van der Waals surface area contributed by atoms with Gasteiger partial charge in [-0.3, -0.25) is 0 Å². The molecule has 0 aliphatic heterocycles. The van der Waals surface area contributed by atoms with E-state index in [0.717, 1.165) is 18.6 Å². The molecule has 1 N–H and O–H groups in total. The zero-order chi connectivity index (χ0) is 16.0. The van der Waals surface area contributed by atoms with Crippen LogP contribution >= 0.6 is 0 Å². The van der Waals surface area contributed by atoms with Crippen molar-refractivity contribution in [2.24, 2.45) is 0 Å². The first-order valence-electron chi connectivity index (χ1n) is 6.97. The molecule has 0 heterocycles. The molecule has 2 atom stereocenters. The lowest BCUT2D eigenvalue weighted by atomic mass is 9.96. The average molecular weight is 307 g/mol. The van der Waals surface area contributed by atoms with Gasteiger partial charge in [0.1, 0.15) is 5.82 Å². The van der Waals surface area contributed by atoms with Gasteiger partial charge in [0.15, 0.2) is 0 Å². The summed E-state index contributed by atoms with van der Waals surface area (Å²) in [4.78, 5) is 0. The van der Waals surface area contributed by atoms with Crippen LogP contribution in [0, 0.1) is 5.82 Å². The Morgan fingerprint density at radius 2 is 1.90 bits per heavy atom. The molecule has 1 aromatic rings. The number of halogens is 4. The first-order chi connectivity index (χ1) is 9.85. The van der Waals surface area contributed by atoms with Gasteiger partial charge in [0.05, 0.1) is 17.7 Å². The smallest absolute Gasteiger partial charge is 0.379 e. The number of hydrogen-bond donors (Lipinski definition) is 1. The Balaban J connectivity index is 3.19. The Kier molecular flexibility index (Phi) is 6.61. The fraction of sp³-hybridized carbons (Fsp3) is 0.600. The topological polar surface area (TPSA) is 21.3 Å². The third-order valence-electron chi connectivity index (χ3n) is 3.33. The molecule has 0 saturated carbocycles. The third kappa shape index (κ3) is 4.68. The van der Waals surface area contributed by atoms with Crippen molar-refractivity contribution in [3.63, 3.8) is 0 Å². The summed E-state index contributed by atoms with van der Waals surface area (Å²) in [5.74, 6) is -1.26. The highest BCUT2D eigenvalue weighted by Crippen LogP contribution is 2.34. The van der Waals surface area contributed by atoms with Crippen molar-refractivity contribution in [1.29, 1.82) is 0 Å². The van der Waals surface area contributed by atoms with Crippen LogP contribution in [-0.4, -0.2) is 19.8 Å². The summed E-state index contributed by atoms with van der Waals surface area (Å²) < 4.78 is 57.2. The molecule has 6 heteroatoms.